The summed E-state index contributed by atoms with van der Waals surface area (Å²) in [5.74, 6) is -1.91. The fourth-order valence-electron chi connectivity index (χ4n) is 1.72. The normalized spacial score (nSPS) is 11.3. The molecule has 2 rings (SSSR count). The average molecular weight is 297 g/mol. The lowest BCUT2D eigenvalue weighted by atomic mass is 10.1. The third kappa shape index (κ3) is 3.81. The lowest BCUT2D eigenvalue weighted by molar-refractivity contribution is -0.137. The molecule has 0 radical (unpaired) electrons. The molecule has 2 nitrogen and oxygen atoms in total. The second kappa shape index (κ2) is 5.55. The van der Waals surface area contributed by atoms with Crippen LogP contribution in [0.4, 0.5) is 23.2 Å². The molecule has 0 aliphatic carbocycles. The molecule has 2 aromatic rings. The Morgan fingerprint density at radius 1 is 1.05 bits per heavy atom. The Balaban J connectivity index is 2.27. The molecule has 6 heteroatoms. The molecule has 0 unspecified atom stereocenters. The minimum absolute atomic E-state index is 0.350. The number of benzene rings is 2. The van der Waals surface area contributed by atoms with Crippen molar-refractivity contribution in [2.45, 2.75) is 13.1 Å². The van der Waals surface area contributed by atoms with E-state index in [2.05, 4.69) is 5.32 Å². The number of nitrogens with one attached hydrogen (secondary N) is 1. The van der Waals surface area contributed by atoms with E-state index in [1.165, 1.54) is 0 Å². The van der Waals surface area contributed by atoms with Gasteiger partial charge in [0.25, 0.3) is 5.91 Å². The van der Waals surface area contributed by atoms with Crippen LogP contribution < -0.4 is 5.32 Å². The Morgan fingerprint density at radius 3 is 2.24 bits per heavy atom. The summed E-state index contributed by atoms with van der Waals surface area (Å²) >= 11 is 0. The lowest BCUT2D eigenvalue weighted by Gasteiger charge is -2.10. The monoisotopic (exact) mass is 297 g/mol. The molecular weight excluding hydrogens is 286 g/mol. The number of rotatable bonds is 2. The average Bonchev–Trinajstić information content (AvgIpc) is 2.39. The van der Waals surface area contributed by atoms with Gasteiger partial charge in [-0.1, -0.05) is 17.7 Å². The number of carbonyl (C=O) groups excluding carboxylic acids is 1. The van der Waals surface area contributed by atoms with Crippen molar-refractivity contribution < 1.29 is 22.4 Å². The maximum atomic E-state index is 13.2. The standard InChI is InChI=1S/C15H11F4NO/c1-9-2-4-13(5-3-9)20-14(21)10-6-11(15(17,18)19)8-12(16)7-10/h2-8H,1H3,(H,20,21). The van der Waals surface area contributed by atoms with E-state index in [0.717, 1.165) is 11.6 Å². The number of amides is 1. The zero-order valence-electron chi connectivity index (χ0n) is 11.0. The Kier molecular flexibility index (Phi) is 3.97. The van der Waals surface area contributed by atoms with Crippen LogP contribution in [0.25, 0.3) is 0 Å². The van der Waals surface area contributed by atoms with Gasteiger partial charge >= 0.3 is 6.18 Å². The first-order valence-electron chi connectivity index (χ1n) is 6.01. The summed E-state index contributed by atoms with van der Waals surface area (Å²) in [6.45, 7) is 1.85. The minimum Gasteiger partial charge on any atom is -0.322 e. The van der Waals surface area contributed by atoms with Crippen LogP contribution in [0.15, 0.2) is 42.5 Å². The quantitative estimate of drug-likeness (QED) is 0.818. The Labute approximate surface area is 118 Å². The topological polar surface area (TPSA) is 29.1 Å². The highest BCUT2D eigenvalue weighted by Crippen LogP contribution is 2.30. The molecule has 1 amide bonds. The summed E-state index contributed by atoms with van der Waals surface area (Å²) < 4.78 is 51.0. The van der Waals surface area contributed by atoms with Crippen molar-refractivity contribution in [3.63, 3.8) is 0 Å². The van der Waals surface area contributed by atoms with Crippen LogP contribution in [0.3, 0.4) is 0 Å². The fraction of sp³-hybridized carbons (Fsp3) is 0.133. The van der Waals surface area contributed by atoms with Gasteiger partial charge < -0.3 is 5.32 Å². The van der Waals surface area contributed by atoms with Gasteiger partial charge in [-0.2, -0.15) is 13.2 Å². The first-order chi connectivity index (χ1) is 9.75. The van der Waals surface area contributed by atoms with Crippen LogP contribution in [0.5, 0.6) is 0 Å². The largest absolute Gasteiger partial charge is 0.416 e. The van der Waals surface area contributed by atoms with Crippen LogP contribution >= 0.6 is 0 Å². The molecule has 0 spiro atoms. The number of carbonyl (C=O) groups is 1. The maximum absolute atomic E-state index is 13.2. The van der Waals surface area contributed by atoms with E-state index < -0.39 is 23.5 Å². The number of halogens is 4. The van der Waals surface area contributed by atoms with Crippen LogP contribution in [0.2, 0.25) is 0 Å². The van der Waals surface area contributed by atoms with E-state index in [1.54, 1.807) is 24.3 Å². The zero-order chi connectivity index (χ0) is 15.6. The predicted molar refractivity (Wildman–Crippen MR) is 70.5 cm³/mol. The Hall–Kier alpha value is -2.37. The molecule has 0 atom stereocenters. The molecule has 0 saturated heterocycles. The number of aryl methyl sites for hydroxylation is 1. The van der Waals surface area contributed by atoms with Crippen molar-refractivity contribution in [1.82, 2.24) is 0 Å². The van der Waals surface area contributed by atoms with E-state index >= 15 is 0 Å². The van der Waals surface area contributed by atoms with E-state index in [0.29, 0.717) is 17.8 Å². The molecular formula is C15H11F4NO. The number of anilines is 1. The van der Waals surface area contributed by atoms with Gasteiger partial charge in [-0.05, 0) is 37.3 Å². The van der Waals surface area contributed by atoms with E-state index in [1.807, 2.05) is 6.92 Å². The van der Waals surface area contributed by atoms with E-state index in [-0.39, 0.29) is 5.56 Å². The molecule has 0 bridgehead atoms. The molecule has 2 aromatic carbocycles. The van der Waals surface area contributed by atoms with Crippen molar-refractivity contribution in [3.05, 3.63) is 65.0 Å². The van der Waals surface area contributed by atoms with Gasteiger partial charge in [-0.15, -0.1) is 0 Å². The third-order valence-electron chi connectivity index (χ3n) is 2.80. The number of hydrogen-bond donors (Lipinski definition) is 1. The molecule has 1 N–H and O–H groups in total. The molecule has 110 valence electrons. The molecule has 0 aromatic heterocycles. The Bertz CT molecular complexity index is 662. The van der Waals surface area contributed by atoms with E-state index in [4.69, 9.17) is 0 Å². The minimum atomic E-state index is -4.71. The SMILES string of the molecule is Cc1ccc(NC(=O)c2cc(F)cc(C(F)(F)F)c2)cc1. The summed E-state index contributed by atoms with van der Waals surface area (Å²) in [5, 5.41) is 2.42. The van der Waals surface area contributed by atoms with Crippen LogP contribution in [0.1, 0.15) is 21.5 Å². The molecule has 0 aliphatic heterocycles. The van der Waals surface area contributed by atoms with Crippen molar-refractivity contribution in [2.24, 2.45) is 0 Å². The van der Waals surface area contributed by atoms with Crippen molar-refractivity contribution >= 4 is 11.6 Å². The first kappa shape index (κ1) is 15.0. The van der Waals surface area contributed by atoms with E-state index in [9.17, 15) is 22.4 Å². The van der Waals surface area contributed by atoms with Gasteiger partial charge in [-0.25, -0.2) is 4.39 Å². The summed E-state index contributed by atoms with van der Waals surface area (Å²) in [7, 11) is 0. The first-order valence-corrected chi connectivity index (χ1v) is 6.01. The van der Waals surface area contributed by atoms with Crippen molar-refractivity contribution in [1.29, 1.82) is 0 Å². The summed E-state index contributed by atoms with van der Waals surface area (Å²) in [6.07, 6.45) is -4.71. The Morgan fingerprint density at radius 2 is 1.67 bits per heavy atom. The highest BCUT2D eigenvalue weighted by molar-refractivity contribution is 6.04. The van der Waals surface area contributed by atoms with Gasteiger partial charge in [0.15, 0.2) is 0 Å². The number of alkyl halides is 3. The van der Waals surface area contributed by atoms with Gasteiger partial charge in [0.1, 0.15) is 5.82 Å². The molecule has 0 fully saturated rings. The van der Waals surface area contributed by atoms with Gasteiger partial charge in [-0.3, -0.25) is 4.79 Å². The number of hydrogen-bond acceptors (Lipinski definition) is 1. The highest BCUT2D eigenvalue weighted by Gasteiger charge is 2.32. The van der Waals surface area contributed by atoms with Gasteiger partial charge in [0.2, 0.25) is 0 Å². The smallest absolute Gasteiger partial charge is 0.322 e. The molecule has 0 heterocycles. The second-order valence-electron chi connectivity index (χ2n) is 4.55. The van der Waals surface area contributed by atoms with Crippen LogP contribution in [-0.2, 0) is 6.18 Å². The van der Waals surface area contributed by atoms with Gasteiger partial charge in [0, 0.05) is 11.3 Å². The summed E-state index contributed by atoms with van der Waals surface area (Å²) in [4.78, 5) is 11.9. The maximum Gasteiger partial charge on any atom is 0.416 e. The van der Waals surface area contributed by atoms with Crippen LogP contribution in [0, 0.1) is 12.7 Å². The van der Waals surface area contributed by atoms with Crippen LogP contribution in [-0.4, -0.2) is 5.91 Å². The molecule has 0 saturated carbocycles. The molecule has 21 heavy (non-hydrogen) atoms. The summed E-state index contributed by atoms with van der Waals surface area (Å²) in [6, 6.07) is 8.42. The predicted octanol–water partition coefficient (Wildman–Crippen LogP) is 4.41. The fourth-order valence-corrected chi connectivity index (χ4v) is 1.72. The van der Waals surface area contributed by atoms with Crippen molar-refractivity contribution in [3.8, 4) is 0 Å². The third-order valence-corrected chi connectivity index (χ3v) is 2.80. The highest BCUT2D eigenvalue weighted by atomic mass is 19.4. The zero-order valence-corrected chi connectivity index (χ0v) is 11.0. The lowest BCUT2D eigenvalue weighted by Crippen LogP contribution is -2.14. The summed E-state index contributed by atoms with van der Waals surface area (Å²) in [5.41, 5.74) is -0.194. The molecule has 0 aliphatic rings. The van der Waals surface area contributed by atoms with Gasteiger partial charge in [0.05, 0.1) is 5.56 Å². The second-order valence-corrected chi connectivity index (χ2v) is 4.55. The van der Waals surface area contributed by atoms with Crippen molar-refractivity contribution in [2.75, 3.05) is 5.32 Å².